The third-order valence-electron chi connectivity index (χ3n) is 3.58. The molecule has 3 atom stereocenters. The summed E-state index contributed by atoms with van der Waals surface area (Å²) in [5.41, 5.74) is 0.872. The number of rotatable bonds is 4. The van der Waals surface area contributed by atoms with Crippen LogP contribution < -0.4 is 5.32 Å². The number of amides is 1. The molecule has 118 valence electrons. The molecular formula is C13H17N5O4. The summed E-state index contributed by atoms with van der Waals surface area (Å²) in [4.78, 5) is 23.9. The van der Waals surface area contributed by atoms with Gasteiger partial charge >= 0.3 is 0 Å². The fraction of sp³-hybridized carbons (Fsp3) is 0.538. The van der Waals surface area contributed by atoms with Gasteiger partial charge in [-0.1, -0.05) is 6.92 Å². The molecule has 2 aromatic rings. The van der Waals surface area contributed by atoms with Crippen molar-refractivity contribution in [1.29, 1.82) is 0 Å². The lowest BCUT2D eigenvalue weighted by Gasteiger charge is -2.16. The predicted molar refractivity (Wildman–Crippen MR) is 75.9 cm³/mol. The van der Waals surface area contributed by atoms with Gasteiger partial charge in [-0.2, -0.15) is 0 Å². The molecule has 0 aliphatic carbocycles. The number of aliphatic hydroxyl groups is 2. The third kappa shape index (κ3) is 2.54. The standard InChI is InChI=1S/C13H17N5O4/c1-2-9(21)17-11-10-12(15-5-14-11)18(6-16-10)13-8(20)3-7(4-19)22-13/h5-8,13,19-20H,2-4H2,1H3,(H,14,15,17,21)/t7-,8+,13+/m0/s1. The smallest absolute Gasteiger partial charge is 0.225 e. The monoisotopic (exact) mass is 307 g/mol. The number of fused-ring (bicyclic) bond motifs is 1. The van der Waals surface area contributed by atoms with E-state index in [1.54, 1.807) is 11.5 Å². The molecule has 0 spiro atoms. The SMILES string of the molecule is CCC(=O)Nc1ncnc2c1ncn2[C@@H]1O[C@H](CO)C[C@H]1O. The number of hydrogen-bond donors (Lipinski definition) is 3. The van der Waals surface area contributed by atoms with Gasteiger partial charge in [0, 0.05) is 12.8 Å². The van der Waals surface area contributed by atoms with Crippen LogP contribution in [0.3, 0.4) is 0 Å². The van der Waals surface area contributed by atoms with Gasteiger partial charge in [-0.3, -0.25) is 9.36 Å². The minimum atomic E-state index is -0.766. The van der Waals surface area contributed by atoms with Crippen LogP contribution in [-0.2, 0) is 9.53 Å². The molecule has 1 aliphatic heterocycles. The van der Waals surface area contributed by atoms with Gasteiger partial charge in [-0.15, -0.1) is 0 Å². The molecule has 22 heavy (non-hydrogen) atoms. The van der Waals surface area contributed by atoms with E-state index in [2.05, 4.69) is 20.3 Å². The van der Waals surface area contributed by atoms with Crippen LogP contribution in [0.25, 0.3) is 11.2 Å². The highest BCUT2D eigenvalue weighted by Gasteiger charge is 2.36. The van der Waals surface area contributed by atoms with Crippen LogP contribution in [-0.4, -0.2) is 54.5 Å². The van der Waals surface area contributed by atoms with E-state index in [1.807, 2.05) is 0 Å². The summed E-state index contributed by atoms with van der Waals surface area (Å²) < 4.78 is 7.17. The first-order chi connectivity index (χ1) is 10.6. The first kappa shape index (κ1) is 14.8. The van der Waals surface area contributed by atoms with Crippen LogP contribution in [0.1, 0.15) is 26.0 Å². The lowest BCUT2D eigenvalue weighted by atomic mass is 10.2. The van der Waals surface area contributed by atoms with Crippen molar-refractivity contribution in [2.45, 2.75) is 38.2 Å². The lowest BCUT2D eigenvalue weighted by molar-refractivity contribution is -0.115. The van der Waals surface area contributed by atoms with Crippen LogP contribution in [0.4, 0.5) is 5.82 Å². The van der Waals surface area contributed by atoms with E-state index in [-0.39, 0.29) is 12.5 Å². The minimum Gasteiger partial charge on any atom is -0.394 e. The Morgan fingerprint density at radius 3 is 3.00 bits per heavy atom. The van der Waals surface area contributed by atoms with E-state index < -0.39 is 18.4 Å². The van der Waals surface area contributed by atoms with Crippen molar-refractivity contribution in [2.75, 3.05) is 11.9 Å². The fourth-order valence-corrected chi connectivity index (χ4v) is 2.45. The zero-order valence-electron chi connectivity index (χ0n) is 12.0. The van der Waals surface area contributed by atoms with E-state index >= 15 is 0 Å². The first-order valence-electron chi connectivity index (χ1n) is 7.05. The van der Waals surface area contributed by atoms with Gasteiger partial charge in [-0.25, -0.2) is 15.0 Å². The Labute approximate surface area is 126 Å². The first-order valence-corrected chi connectivity index (χ1v) is 7.05. The molecule has 1 saturated heterocycles. The van der Waals surface area contributed by atoms with E-state index in [4.69, 9.17) is 9.84 Å². The van der Waals surface area contributed by atoms with E-state index in [9.17, 15) is 9.90 Å². The van der Waals surface area contributed by atoms with Gasteiger partial charge in [0.2, 0.25) is 5.91 Å². The maximum absolute atomic E-state index is 11.5. The van der Waals surface area contributed by atoms with Gasteiger partial charge in [0.25, 0.3) is 0 Å². The van der Waals surface area contributed by atoms with Gasteiger partial charge < -0.3 is 20.3 Å². The number of hydrogen-bond acceptors (Lipinski definition) is 7. The Kier molecular flexibility index (Phi) is 4.01. The van der Waals surface area contributed by atoms with Crippen molar-refractivity contribution in [1.82, 2.24) is 19.5 Å². The molecular weight excluding hydrogens is 290 g/mol. The zero-order chi connectivity index (χ0) is 15.7. The number of aliphatic hydroxyl groups excluding tert-OH is 2. The number of imidazole rings is 1. The molecule has 0 bridgehead atoms. The Bertz CT molecular complexity index is 688. The second-order valence-electron chi connectivity index (χ2n) is 5.08. The van der Waals surface area contributed by atoms with Crippen LogP contribution >= 0.6 is 0 Å². The molecule has 2 aromatic heterocycles. The Hall–Kier alpha value is -2.10. The largest absolute Gasteiger partial charge is 0.394 e. The highest BCUT2D eigenvalue weighted by Crippen LogP contribution is 2.31. The molecule has 0 radical (unpaired) electrons. The highest BCUT2D eigenvalue weighted by molar-refractivity contribution is 5.96. The second-order valence-corrected chi connectivity index (χ2v) is 5.08. The summed E-state index contributed by atoms with van der Waals surface area (Å²) in [6.07, 6.45) is 1.61. The molecule has 1 fully saturated rings. The van der Waals surface area contributed by atoms with Crippen LogP contribution in [0.5, 0.6) is 0 Å². The molecule has 3 rings (SSSR count). The third-order valence-corrected chi connectivity index (χ3v) is 3.58. The summed E-state index contributed by atoms with van der Waals surface area (Å²) >= 11 is 0. The lowest BCUT2D eigenvalue weighted by Crippen LogP contribution is -2.19. The van der Waals surface area contributed by atoms with Crippen LogP contribution in [0, 0.1) is 0 Å². The maximum Gasteiger partial charge on any atom is 0.225 e. The Morgan fingerprint density at radius 1 is 1.50 bits per heavy atom. The van der Waals surface area contributed by atoms with Crippen molar-refractivity contribution in [3.05, 3.63) is 12.7 Å². The number of ether oxygens (including phenoxy) is 1. The van der Waals surface area contributed by atoms with Gasteiger partial charge in [0.1, 0.15) is 12.4 Å². The molecule has 1 amide bonds. The second kappa shape index (κ2) is 5.95. The summed E-state index contributed by atoms with van der Waals surface area (Å²) in [5, 5.41) is 21.9. The maximum atomic E-state index is 11.5. The van der Waals surface area contributed by atoms with Gasteiger partial charge in [0.15, 0.2) is 23.2 Å². The molecule has 0 aromatic carbocycles. The van der Waals surface area contributed by atoms with Crippen LogP contribution in [0.15, 0.2) is 12.7 Å². The van der Waals surface area contributed by atoms with Crippen molar-refractivity contribution in [2.24, 2.45) is 0 Å². The summed E-state index contributed by atoms with van der Waals surface area (Å²) in [7, 11) is 0. The number of nitrogens with zero attached hydrogens (tertiary/aromatic N) is 4. The Balaban J connectivity index is 1.96. The number of carbonyl (C=O) groups excluding carboxylic acids is 1. The average molecular weight is 307 g/mol. The molecule has 3 N–H and O–H groups in total. The molecule has 9 nitrogen and oxygen atoms in total. The van der Waals surface area contributed by atoms with Crippen molar-refractivity contribution >= 4 is 22.9 Å². The van der Waals surface area contributed by atoms with E-state index in [1.165, 1.54) is 12.7 Å². The minimum absolute atomic E-state index is 0.160. The average Bonchev–Trinajstić information content (AvgIpc) is 3.10. The normalized spacial score (nSPS) is 24.8. The number of carbonyl (C=O) groups is 1. The summed E-state index contributed by atoms with van der Waals surface area (Å²) in [6.45, 7) is 1.58. The quantitative estimate of drug-likeness (QED) is 0.715. The number of aromatic nitrogens is 4. The molecule has 0 saturated carbocycles. The van der Waals surface area contributed by atoms with E-state index in [0.717, 1.165) is 0 Å². The van der Waals surface area contributed by atoms with Crippen molar-refractivity contribution in [3.63, 3.8) is 0 Å². The van der Waals surface area contributed by atoms with Gasteiger partial charge in [0.05, 0.1) is 19.0 Å². The number of nitrogens with one attached hydrogen (secondary N) is 1. The number of anilines is 1. The van der Waals surface area contributed by atoms with Gasteiger partial charge in [-0.05, 0) is 0 Å². The Morgan fingerprint density at radius 2 is 2.32 bits per heavy atom. The highest BCUT2D eigenvalue weighted by atomic mass is 16.5. The van der Waals surface area contributed by atoms with E-state index in [0.29, 0.717) is 29.8 Å². The summed E-state index contributed by atoms with van der Waals surface area (Å²) in [6, 6.07) is 0. The molecule has 3 heterocycles. The molecule has 9 heteroatoms. The van der Waals surface area contributed by atoms with Crippen molar-refractivity contribution in [3.8, 4) is 0 Å². The van der Waals surface area contributed by atoms with Crippen LogP contribution in [0.2, 0.25) is 0 Å². The molecule has 0 unspecified atom stereocenters. The fourth-order valence-electron chi connectivity index (χ4n) is 2.45. The summed E-state index contributed by atoms with van der Waals surface area (Å²) in [5.74, 6) is 0.147. The molecule has 1 aliphatic rings. The predicted octanol–water partition coefficient (Wildman–Crippen LogP) is -0.185. The topological polar surface area (TPSA) is 122 Å². The van der Waals surface area contributed by atoms with Crippen molar-refractivity contribution < 1.29 is 19.7 Å². The zero-order valence-corrected chi connectivity index (χ0v) is 12.0.